The van der Waals surface area contributed by atoms with Crippen LogP contribution >= 0.6 is 12.4 Å². The molecule has 1 saturated carbocycles. The number of nitriles is 1. The summed E-state index contributed by atoms with van der Waals surface area (Å²) in [6.45, 7) is 2.37. The van der Waals surface area contributed by atoms with Gasteiger partial charge in [0.05, 0.1) is 0 Å². The SMILES string of the molecule is CN(C)S(=O)(=O)N[C@H]1CN(Cc2cc(C#N)n(C)c2)C[C@@H]1C1CC1.Cl. The van der Waals surface area contributed by atoms with Gasteiger partial charge in [0, 0.05) is 53.0 Å². The lowest BCUT2D eigenvalue weighted by Gasteiger charge is -2.21. The first kappa shape index (κ1) is 20.2. The van der Waals surface area contributed by atoms with E-state index in [2.05, 4.69) is 15.7 Å². The molecule has 7 nitrogen and oxygen atoms in total. The molecule has 25 heavy (non-hydrogen) atoms. The highest BCUT2D eigenvalue weighted by Crippen LogP contribution is 2.42. The van der Waals surface area contributed by atoms with E-state index in [1.54, 1.807) is 14.1 Å². The topological polar surface area (TPSA) is 81.4 Å². The molecule has 140 valence electrons. The van der Waals surface area contributed by atoms with Gasteiger partial charge in [0.15, 0.2) is 0 Å². The third-order valence-corrected chi connectivity index (χ3v) is 6.59. The second-order valence-electron chi connectivity index (χ2n) is 7.16. The average molecular weight is 388 g/mol. The molecule has 0 radical (unpaired) electrons. The zero-order valence-electron chi connectivity index (χ0n) is 14.8. The number of aromatic nitrogens is 1. The number of rotatable bonds is 6. The summed E-state index contributed by atoms with van der Waals surface area (Å²) < 4.78 is 30.3. The van der Waals surface area contributed by atoms with Crippen molar-refractivity contribution in [1.29, 1.82) is 5.26 Å². The van der Waals surface area contributed by atoms with Gasteiger partial charge in [0.25, 0.3) is 10.2 Å². The standard InChI is InChI=1S/C16H25N5O2S.ClH/c1-19(2)24(22,23)18-16-11-21(10-15(16)13-4-5-13)9-12-6-14(7-17)20(3)8-12;/h6,8,13,15-16,18H,4-5,9-11H2,1-3H3;1H/t15-,16+;/m1./s1. The predicted octanol–water partition coefficient (Wildman–Crippen LogP) is 0.925. The van der Waals surface area contributed by atoms with Crippen molar-refractivity contribution in [3.63, 3.8) is 0 Å². The lowest BCUT2D eigenvalue weighted by Crippen LogP contribution is -2.46. The second-order valence-corrected chi connectivity index (χ2v) is 9.08. The summed E-state index contributed by atoms with van der Waals surface area (Å²) in [5.41, 5.74) is 1.74. The van der Waals surface area contributed by atoms with E-state index >= 15 is 0 Å². The van der Waals surface area contributed by atoms with Crippen LogP contribution in [0.1, 0.15) is 24.1 Å². The van der Waals surface area contributed by atoms with Crippen LogP contribution in [-0.2, 0) is 23.8 Å². The van der Waals surface area contributed by atoms with Crippen molar-refractivity contribution in [1.82, 2.24) is 18.5 Å². The van der Waals surface area contributed by atoms with E-state index in [4.69, 9.17) is 5.26 Å². The van der Waals surface area contributed by atoms with Gasteiger partial charge in [-0.3, -0.25) is 4.90 Å². The molecular weight excluding hydrogens is 362 g/mol. The molecule has 1 aromatic rings. The molecule has 1 aromatic heterocycles. The summed E-state index contributed by atoms with van der Waals surface area (Å²) in [6.07, 6.45) is 4.37. The Morgan fingerprint density at radius 3 is 2.56 bits per heavy atom. The highest BCUT2D eigenvalue weighted by atomic mass is 35.5. The van der Waals surface area contributed by atoms with Gasteiger partial charge in [0.2, 0.25) is 0 Å². The number of nitrogens with one attached hydrogen (secondary N) is 1. The van der Waals surface area contributed by atoms with E-state index in [1.807, 2.05) is 23.9 Å². The molecule has 0 spiro atoms. The maximum atomic E-state index is 12.2. The van der Waals surface area contributed by atoms with Gasteiger partial charge < -0.3 is 4.57 Å². The number of hydrogen-bond donors (Lipinski definition) is 1. The summed E-state index contributed by atoms with van der Waals surface area (Å²) in [7, 11) is 1.55. The Bertz CT molecular complexity index is 751. The maximum Gasteiger partial charge on any atom is 0.279 e. The second kappa shape index (κ2) is 7.64. The molecule has 0 amide bonds. The van der Waals surface area contributed by atoms with Crippen LogP contribution in [0.25, 0.3) is 0 Å². The molecule has 9 heteroatoms. The van der Waals surface area contributed by atoms with Crippen LogP contribution in [0.3, 0.4) is 0 Å². The average Bonchev–Trinajstić information content (AvgIpc) is 3.18. The minimum Gasteiger partial charge on any atom is -0.342 e. The molecule has 3 rings (SSSR count). The van der Waals surface area contributed by atoms with E-state index in [-0.39, 0.29) is 18.4 Å². The fraction of sp³-hybridized carbons (Fsp3) is 0.688. The van der Waals surface area contributed by atoms with Gasteiger partial charge in [-0.05, 0) is 36.3 Å². The molecular formula is C16H26ClN5O2S. The lowest BCUT2D eigenvalue weighted by atomic mass is 9.99. The predicted molar refractivity (Wildman–Crippen MR) is 98.4 cm³/mol. The first-order valence-corrected chi connectivity index (χ1v) is 9.71. The molecule has 2 heterocycles. The molecule has 1 saturated heterocycles. The minimum atomic E-state index is -3.41. The molecule has 2 fully saturated rings. The van der Waals surface area contributed by atoms with Crippen molar-refractivity contribution >= 4 is 22.6 Å². The third-order valence-electron chi connectivity index (χ3n) is 5.03. The zero-order chi connectivity index (χ0) is 17.5. The molecule has 2 aliphatic rings. The monoisotopic (exact) mass is 387 g/mol. The fourth-order valence-electron chi connectivity index (χ4n) is 3.55. The van der Waals surface area contributed by atoms with Gasteiger partial charge in [-0.1, -0.05) is 0 Å². The van der Waals surface area contributed by atoms with Crippen LogP contribution < -0.4 is 4.72 Å². The summed E-state index contributed by atoms with van der Waals surface area (Å²) in [5.74, 6) is 1.01. The highest BCUT2D eigenvalue weighted by Gasteiger charge is 2.44. The van der Waals surface area contributed by atoms with Gasteiger partial charge in [-0.25, -0.2) is 0 Å². The number of aryl methyl sites for hydroxylation is 1. The van der Waals surface area contributed by atoms with Crippen LogP contribution in [0.5, 0.6) is 0 Å². The van der Waals surface area contributed by atoms with E-state index in [1.165, 1.54) is 17.1 Å². The quantitative estimate of drug-likeness (QED) is 0.787. The Hall–Kier alpha value is -1.11. The molecule has 0 unspecified atom stereocenters. The van der Waals surface area contributed by atoms with Crippen LogP contribution in [0, 0.1) is 23.2 Å². The molecule has 0 aromatic carbocycles. The summed E-state index contributed by atoms with van der Waals surface area (Å²) in [5, 5.41) is 9.07. The molecule has 2 atom stereocenters. The summed E-state index contributed by atoms with van der Waals surface area (Å²) >= 11 is 0. The Morgan fingerprint density at radius 1 is 1.36 bits per heavy atom. The number of halogens is 1. The number of likely N-dealkylation sites (tertiary alicyclic amines) is 1. The van der Waals surface area contributed by atoms with Crippen molar-refractivity contribution in [2.75, 3.05) is 27.2 Å². The van der Waals surface area contributed by atoms with Crippen molar-refractivity contribution in [3.8, 4) is 6.07 Å². The number of hydrogen-bond acceptors (Lipinski definition) is 4. The maximum absolute atomic E-state index is 12.2. The van der Waals surface area contributed by atoms with E-state index in [0.29, 0.717) is 24.1 Å². The Balaban J connectivity index is 0.00000225. The third kappa shape index (κ3) is 4.54. The summed E-state index contributed by atoms with van der Waals surface area (Å²) in [6, 6.07) is 4.05. The van der Waals surface area contributed by atoms with Gasteiger partial charge in [-0.2, -0.15) is 22.7 Å². The van der Waals surface area contributed by atoms with E-state index in [0.717, 1.165) is 18.7 Å². The molecule has 1 N–H and O–H groups in total. The van der Waals surface area contributed by atoms with Crippen molar-refractivity contribution in [2.45, 2.75) is 25.4 Å². The van der Waals surface area contributed by atoms with Crippen molar-refractivity contribution in [2.24, 2.45) is 18.9 Å². The largest absolute Gasteiger partial charge is 0.342 e. The van der Waals surface area contributed by atoms with Crippen LogP contribution in [0.4, 0.5) is 0 Å². The summed E-state index contributed by atoms with van der Waals surface area (Å²) in [4.78, 5) is 2.29. The first-order valence-electron chi connectivity index (χ1n) is 8.27. The Labute approximate surface area is 156 Å². The minimum absolute atomic E-state index is 0. The molecule has 1 aliphatic heterocycles. The van der Waals surface area contributed by atoms with Crippen LogP contribution in [0.15, 0.2) is 12.3 Å². The smallest absolute Gasteiger partial charge is 0.279 e. The number of nitrogens with zero attached hydrogens (tertiary/aromatic N) is 4. The zero-order valence-corrected chi connectivity index (χ0v) is 16.5. The Morgan fingerprint density at radius 2 is 2.04 bits per heavy atom. The van der Waals surface area contributed by atoms with Gasteiger partial charge in [-0.15, -0.1) is 12.4 Å². The van der Waals surface area contributed by atoms with Crippen LogP contribution in [-0.4, -0.2) is 55.4 Å². The van der Waals surface area contributed by atoms with Crippen LogP contribution in [0.2, 0.25) is 0 Å². The highest BCUT2D eigenvalue weighted by molar-refractivity contribution is 7.87. The lowest BCUT2D eigenvalue weighted by molar-refractivity contribution is 0.309. The van der Waals surface area contributed by atoms with Crippen molar-refractivity contribution < 1.29 is 8.42 Å². The Kier molecular flexibility index (Phi) is 6.17. The van der Waals surface area contributed by atoms with Gasteiger partial charge in [0.1, 0.15) is 11.8 Å². The van der Waals surface area contributed by atoms with Crippen molar-refractivity contribution in [3.05, 3.63) is 23.5 Å². The fourth-order valence-corrected chi connectivity index (χ4v) is 4.40. The first-order chi connectivity index (χ1) is 11.3. The molecule has 0 bridgehead atoms. The molecule has 1 aliphatic carbocycles. The normalized spacial score (nSPS) is 24.3. The van der Waals surface area contributed by atoms with E-state index in [9.17, 15) is 8.42 Å². The van der Waals surface area contributed by atoms with Gasteiger partial charge >= 0.3 is 0 Å². The van der Waals surface area contributed by atoms with E-state index < -0.39 is 10.2 Å².